The smallest absolute Gasteiger partial charge is 0.149 e. The molecule has 5 aromatic carbocycles. The molecule has 3 aromatic heterocycles. The van der Waals surface area contributed by atoms with Gasteiger partial charge in [0.05, 0.1) is 17.0 Å². The molecule has 0 atom stereocenters. The van der Waals surface area contributed by atoms with Crippen LogP contribution in [0.2, 0.25) is 0 Å². The Labute approximate surface area is 235 Å². The van der Waals surface area contributed by atoms with E-state index in [-0.39, 0.29) is 5.75 Å². The van der Waals surface area contributed by atoms with E-state index < -0.39 is 0 Å². The summed E-state index contributed by atoms with van der Waals surface area (Å²) in [4.78, 5) is 10.4. The van der Waals surface area contributed by atoms with Gasteiger partial charge in [0.25, 0.3) is 0 Å². The zero-order valence-corrected chi connectivity index (χ0v) is 21.9. The van der Waals surface area contributed by atoms with Crippen LogP contribution >= 0.6 is 0 Å². The largest absolute Gasteiger partial charge is 0.507 e. The lowest BCUT2D eigenvalue weighted by atomic mass is 10.0. The van der Waals surface area contributed by atoms with Crippen LogP contribution in [0.25, 0.3) is 72.4 Å². The summed E-state index contributed by atoms with van der Waals surface area (Å²) < 4.78 is 8.19. The van der Waals surface area contributed by atoms with Gasteiger partial charge in [-0.15, -0.1) is 0 Å². The highest BCUT2D eigenvalue weighted by Crippen LogP contribution is 2.43. The van der Waals surface area contributed by atoms with Crippen molar-refractivity contribution in [3.8, 4) is 45.5 Å². The molecule has 3 heterocycles. The normalized spacial score (nSPS) is 11.5. The van der Waals surface area contributed by atoms with E-state index in [1.54, 1.807) is 6.07 Å². The summed E-state index contributed by atoms with van der Waals surface area (Å²) in [5.41, 5.74) is 6.40. The standard InChI is InChI=1S/C36H23N3O2/c40-30-19-20-32-33(27-17-9-10-18-31(27)41-32)34(30)36-38-29(22-39(36)25-14-5-2-6-15-25)35-26-16-8-7-13-24(26)21-28(37-35)23-11-3-1-4-12-23/h1-22,40H. The summed E-state index contributed by atoms with van der Waals surface area (Å²) in [7, 11) is 0. The van der Waals surface area contributed by atoms with Crippen LogP contribution in [-0.4, -0.2) is 19.6 Å². The summed E-state index contributed by atoms with van der Waals surface area (Å²) in [5.74, 6) is 0.742. The summed E-state index contributed by atoms with van der Waals surface area (Å²) in [5, 5.41) is 15.2. The van der Waals surface area contributed by atoms with Gasteiger partial charge in [0.15, 0.2) is 0 Å². The average Bonchev–Trinajstić information content (AvgIpc) is 3.64. The second kappa shape index (κ2) is 9.21. The van der Waals surface area contributed by atoms with Gasteiger partial charge < -0.3 is 9.52 Å². The third kappa shape index (κ3) is 3.79. The molecule has 5 nitrogen and oxygen atoms in total. The van der Waals surface area contributed by atoms with Crippen molar-refractivity contribution < 1.29 is 9.52 Å². The molecule has 0 aliphatic carbocycles. The minimum absolute atomic E-state index is 0.134. The molecule has 8 rings (SSSR count). The van der Waals surface area contributed by atoms with Crippen LogP contribution in [0.3, 0.4) is 0 Å². The van der Waals surface area contributed by atoms with E-state index in [2.05, 4.69) is 30.3 Å². The third-order valence-corrected chi connectivity index (χ3v) is 7.54. The van der Waals surface area contributed by atoms with Crippen LogP contribution in [0.15, 0.2) is 138 Å². The molecule has 5 heteroatoms. The van der Waals surface area contributed by atoms with Crippen molar-refractivity contribution in [2.45, 2.75) is 0 Å². The van der Waals surface area contributed by atoms with Gasteiger partial charge in [0, 0.05) is 33.6 Å². The Morgan fingerprint density at radius 1 is 0.610 bits per heavy atom. The van der Waals surface area contributed by atoms with Gasteiger partial charge in [-0.2, -0.15) is 0 Å². The first kappa shape index (κ1) is 23.2. The maximum absolute atomic E-state index is 11.3. The number of benzene rings is 5. The van der Waals surface area contributed by atoms with Crippen LogP contribution in [0.1, 0.15) is 0 Å². The number of phenols is 1. The molecular weight excluding hydrogens is 506 g/mol. The Hall–Kier alpha value is -5.68. The molecule has 0 saturated carbocycles. The van der Waals surface area contributed by atoms with Crippen molar-refractivity contribution >= 4 is 32.7 Å². The SMILES string of the molecule is Oc1ccc2oc3ccccc3c2c1-c1nc(-c2nc(-c3ccccc3)cc3ccccc23)cn1-c1ccccc1. The van der Waals surface area contributed by atoms with E-state index in [1.165, 1.54) is 0 Å². The first-order chi connectivity index (χ1) is 20.2. The number of pyridine rings is 1. The number of furan rings is 1. The van der Waals surface area contributed by atoms with E-state index in [0.717, 1.165) is 49.8 Å². The summed E-state index contributed by atoms with van der Waals surface area (Å²) in [6.07, 6.45) is 2.01. The highest BCUT2D eigenvalue weighted by molar-refractivity contribution is 6.13. The number of para-hydroxylation sites is 2. The fourth-order valence-corrected chi connectivity index (χ4v) is 5.64. The highest BCUT2D eigenvalue weighted by Gasteiger charge is 2.23. The highest BCUT2D eigenvalue weighted by atomic mass is 16.3. The Morgan fingerprint density at radius 3 is 2.15 bits per heavy atom. The lowest BCUT2D eigenvalue weighted by Gasteiger charge is -2.10. The van der Waals surface area contributed by atoms with Crippen molar-refractivity contribution in [1.82, 2.24) is 14.5 Å². The Bertz CT molecular complexity index is 2210. The van der Waals surface area contributed by atoms with Gasteiger partial charge in [-0.1, -0.05) is 91.0 Å². The first-order valence-corrected chi connectivity index (χ1v) is 13.5. The van der Waals surface area contributed by atoms with Gasteiger partial charge in [-0.25, -0.2) is 9.97 Å². The van der Waals surface area contributed by atoms with Crippen LogP contribution in [-0.2, 0) is 0 Å². The van der Waals surface area contributed by atoms with E-state index in [9.17, 15) is 5.11 Å². The molecule has 41 heavy (non-hydrogen) atoms. The number of nitrogens with zero attached hydrogens (tertiary/aromatic N) is 3. The molecule has 0 aliphatic heterocycles. The van der Waals surface area contributed by atoms with Crippen molar-refractivity contribution in [2.24, 2.45) is 0 Å². The van der Waals surface area contributed by atoms with Crippen LogP contribution < -0.4 is 0 Å². The zero-order chi connectivity index (χ0) is 27.3. The number of fused-ring (bicyclic) bond motifs is 4. The molecule has 0 amide bonds. The summed E-state index contributed by atoms with van der Waals surface area (Å²) in [6.45, 7) is 0. The van der Waals surface area contributed by atoms with Gasteiger partial charge in [0.1, 0.15) is 28.4 Å². The second-order valence-corrected chi connectivity index (χ2v) is 10.0. The fraction of sp³-hybridized carbons (Fsp3) is 0. The Kier molecular flexibility index (Phi) is 5.22. The number of aromatic nitrogens is 3. The Morgan fingerprint density at radius 2 is 1.32 bits per heavy atom. The van der Waals surface area contributed by atoms with E-state index in [4.69, 9.17) is 14.4 Å². The molecule has 0 fully saturated rings. The molecule has 0 unspecified atom stereocenters. The van der Waals surface area contributed by atoms with Crippen LogP contribution in [0.4, 0.5) is 0 Å². The molecule has 0 aliphatic rings. The maximum Gasteiger partial charge on any atom is 0.149 e. The molecule has 0 bridgehead atoms. The second-order valence-electron chi connectivity index (χ2n) is 10.0. The van der Waals surface area contributed by atoms with Crippen molar-refractivity contribution in [3.05, 3.63) is 134 Å². The number of aromatic hydroxyl groups is 1. The first-order valence-electron chi connectivity index (χ1n) is 13.5. The lowest BCUT2D eigenvalue weighted by Crippen LogP contribution is -1.96. The predicted octanol–water partition coefficient (Wildman–Crippen LogP) is 9.03. The maximum atomic E-state index is 11.3. The van der Waals surface area contributed by atoms with E-state index >= 15 is 0 Å². The van der Waals surface area contributed by atoms with Crippen molar-refractivity contribution in [2.75, 3.05) is 0 Å². The van der Waals surface area contributed by atoms with Crippen molar-refractivity contribution in [1.29, 1.82) is 0 Å². The monoisotopic (exact) mass is 529 g/mol. The average molecular weight is 530 g/mol. The number of hydrogen-bond donors (Lipinski definition) is 1. The minimum Gasteiger partial charge on any atom is -0.507 e. The van der Waals surface area contributed by atoms with Gasteiger partial charge in [-0.05, 0) is 41.8 Å². The zero-order valence-electron chi connectivity index (χ0n) is 21.9. The van der Waals surface area contributed by atoms with Crippen LogP contribution in [0.5, 0.6) is 5.75 Å². The number of hydrogen-bond acceptors (Lipinski definition) is 4. The van der Waals surface area contributed by atoms with Gasteiger partial charge in [0.2, 0.25) is 0 Å². The molecule has 0 spiro atoms. The van der Waals surface area contributed by atoms with Gasteiger partial charge >= 0.3 is 0 Å². The molecule has 8 aromatic rings. The quantitative estimate of drug-likeness (QED) is 0.247. The molecule has 194 valence electrons. The summed E-state index contributed by atoms with van der Waals surface area (Å²) in [6, 6.07) is 42.0. The summed E-state index contributed by atoms with van der Waals surface area (Å²) >= 11 is 0. The molecule has 0 saturated heterocycles. The van der Waals surface area contributed by atoms with E-state index in [0.29, 0.717) is 22.7 Å². The van der Waals surface area contributed by atoms with E-state index in [1.807, 2.05) is 102 Å². The topological polar surface area (TPSA) is 64.1 Å². The molecular formula is C36H23N3O2. The minimum atomic E-state index is 0.134. The number of rotatable bonds is 4. The molecule has 0 radical (unpaired) electrons. The van der Waals surface area contributed by atoms with Gasteiger partial charge in [-0.3, -0.25) is 4.57 Å². The number of imidazole rings is 1. The fourth-order valence-electron chi connectivity index (χ4n) is 5.64. The predicted molar refractivity (Wildman–Crippen MR) is 164 cm³/mol. The Balaban J connectivity index is 1.45. The van der Waals surface area contributed by atoms with Crippen LogP contribution in [0, 0.1) is 0 Å². The third-order valence-electron chi connectivity index (χ3n) is 7.54. The molecule has 1 N–H and O–H groups in total. The number of phenolic OH excluding ortho intramolecular Hbond substituents is 1. The van der Waals surface area contributed by atoms with Crippen molar-refractivity contribution in [3.63, 3.8) is 0 Å². The lowest BCUT2D eigenvalue weighted by molar-refractivity contribution is 0.477.